The van der Waals surface area contributed by atoms with Crippen LogP contribution >= 0.6 is 0 Å². The molecule has 1 aromatic rings. The van der Waals surface area contributed by atoms with Gasteiger partial charge in [0.05, 0.1) is 18.7 Å². The Kier molecular flexibility index (Phi) is 4.72. The number of benzene rings is 1. The zero-order valence-electron chi connectivity index (χ0n) is 11.3. The van der Waals surface area contributed by atoms with Crippen LogP contribution in [0.2, 0.25) is 0 Å². The smallest absolute Gasteiger partial charge is 0.411 e. The molecule has 0 fully saturated rings. The normalized spacial score (nSPS) is 14.9. The van der Waals surface area contributed by atoms with Gasteiger partial charge in [0.2, 0.25) is 5.91 Å². The Bertz CT molecular complexity index is 517. The Hall–Kier alpha value is -1.76. The van der Waals surface area contributed by atoms with Gasteiger partial charge in [-0.25, -0.2) is 0 Å². The van der Waals surface area contributed by atoms with Gasteiger partial charge in [0, 0.05) is 6.54 Å². The summed E-state index contributed by atoms with van der Waals surface area (Å²) in [5, 5.41) is 9.88. The maximum atomic E-state index is 12.1. The van der Waals surface area contributed by atoms with E-state index in [1.54, 1.807) is 6.07 Å². The fourth-order valence-electron chi connectivity index (χ4n) is 2.36. The van der Waals surface area contributed by atoms with Gasteiger partial charge in [0.15, 0.2) is 0 Å². The second kappa shape index (κ2) is 6.34. The molecule has 0 saturated carbocycles. The maximum Gasteiger partial charge on any atom is 0.411 e. The van der Waals surface area contributed by atoms with Crippen molar-refractivity contribution in [3.05, 3.63) is 23.8 Å². The highest BCUT2D eigenvalue weighted by molar-refractivity contribution is 5.96. The molecule has 1 N–H and O–H groups in total. The number of halogens is 3. The van der Waals surface area contributed by atoms with Gasteiger partial charge in [-0.15, -0.1) is 0 Å². The van der Waals surface area contributed by atoms with Crippen LogP contribution < -0.4 is 4.90 Å². The number of amides is 1. The number of rotatable bonds is 4. The van der Waals surface area contributed by atoms with Crippen LogP contribution in [0.3, 0.4) is 0 Å². The Morgan fingerprint density at radius 3 is 2.86 bits per heavy atom. The Balaban J connectivity index is 1.96. The van der Waals surface area contributed by atoms with Crippen LogP contribution in [-0.4, -0.2) is 36.9 Å². The van der Waals surface area contributed by atoms with E-state index in [0.717, 1.165) is 18.4 Å². The number of anilines is 1. The number of phenols is 1. The van der Waals surface area contributed by atoms with Crippen LogP contribution in [0.1, 0.15) is 18.4 Å². The molecule has 0 saturated heterocycles. The highest BCUT2D eigenvalue weighted by atomic mass is 19.4. The van der Waals surface area contributed by atoms with Crippen molar-refractivity contribution in [2.45, 2.75) is 25.4 Å². The molecule has 1 heterocycles. The number of nitrogens with zero attached hydrogens (tertiary/aromatic N) is 1. The number of aryl methyl sites for hydroxylation is 1. The van der Waals surface area contributed by atoms with Gasteiger partial charge in [0.1, 0.15) is 12.4 Å². The highest BCUT2D eigenvalue weighted by Crippen LogP contribution is 2.35. The minimum absolute atomic E-state index is 0.0109. The summed E-state index contributed by atoms with van der Waals surface area (Å²) in [6.07, 6.45) is -3.02. The Morgan fingerprint density at radius 1 is 1.38 bits per heavy atom. The van der Waals surface area contributed by atoms with E-state index in [1.807, 2.05) is 6.07 Å². The molecule has 1 aliphatic rings. The van der Waals surface area contributed by atoms with Gasteiger partial charge in [-0.1, -0.05) is 12.1 Å². The first-order chi connectivity index (χ1) is 9.88. The molecule has 0 radical (unpaired) electrons. The molecule has 1 aliphatic heterocycles. The Morgan fingerprint density at radius 2 is 2.14 bits per heavy atom. The lowest BCUT2D eigenvalue weighted by Gasteiger charge is -2.30. The van der Waals surface area contributed by atoms with Crippen molar-refractivity contribution in [3.8, 4) is 5.75 Å². The van der Waals surface area contributed by atoms with Gasteiger partial charge in [-0.05, 0) is 24.5 Å². The topological polar surface area (TPSA) is 49.8 Å². The molecule has 0 bridgehead atoms. The van der Waals surface area contributed by atoms with E-state index < -0.39 is 12.8 Å². The number of carbonyl (C=O) groups is 1. The summed E-state index contributed by atoms with van der Waals surface area (Å²) in [5.74, 6) is -0.337. The van der Waals surface area contributed by atoms with Gasteiger partial charge >= 0.3 is 6.18 Å². The summed E-state index contributed by atoms with van der Waals surface area (Å²) >= 11 is 0. The van der Waals surface area contributed by atoms with Crippen molar-refractivity contribution in [1.29, 1.82) is 0 Å². The summed E-state index contributed by atoms with van der Waals surface area (Å²) < 4.78 is 40.2. The number of fused-ring (bicyclic) bond motifs is 1. The van der Waals surface area contributed by atoms with Crippen molar-refractivity contribution >= 4 is 11.6 Å². The van der Waals surface area contributed by atoms with Crippen LogP contribution in [0.4, 0.5) is 18.9 Å². The number of alkyl halides is 3. The molecular weight excluding hydrogens is 287 g/mol. The van der Waals surface area contributed by atoms with Gasteiger partial charge in [-0.2, -0.15) is 13.2 Å². The first kappa shape index (κ1) is 15.6. The number of carbonyl (C=O) groups excluding carboxylic acids is 1. The first-order valence-electron chi connectivity index (χ1n) is 6.64. The lowest BCUT2D eigenvalue weighted by atomic mass is 10.0. The van der Waals surface area contributed by atoms with E-state index in [0.29, 0.717) is 12.2 Å². The molecule has 21 heavy (non-hydrogen) atoms. The lowest BCUT2D eigenvalue weighted by Crippen LogP contribution is -2.36. The lowest BCUT2D eigenvalue weighted by molar-refractivity contribution is -0.174. The van der Waals surface area contributed by atoms with E-state index in [9.17, 15) is 23.1 Å². The minimum Gasteiger partial charge on any atom is -0.506 e. The minimum atomic E-state index is -4.39. The number of ether oxygens (including phenoxy) is 1. The first-order valence-corrected chi connectivity index (χ1v) is 6.64. The van der Waals surface area contributed by atoms with Crippen LogP contribution in [-0.2, 0) is 16.0 Å². The molecular formula is C14H16F3NO3. The largest absolute Gasteiger partial charge is 0.506 e. The van der Waals surface area contributed by atoms with Crippen molar-refractivity contribution < 1.29 is 27.8 Å². The third-order valence-electron chi connectivity index (χ3n) is 3.22. The van der Waals surface area contributed by atoms with Crippen molar-refractivity contribution in [2.75, 3.05) is 24.7 Å². The third kappa shape index (κ3) is 4.10. The molecule has 0 aliphatic carbocycles. The SMILES string of the molecule is O=C(CCOCC(F)(F)F)N1CCCc2cccc(O)c21. The van der Waals surface area contributed by atoms with Gasteiger partial charge in [0.25, 0.3) is 0 Å². The average Bonchev–Trinajstić information content (AvgIpc) is 2.42. The maximum absolute atomic E-state index is 12.1. The molecule has 116 valence electrons. The van der Waals surface area contributed by atoms with E-state index >= 15 is 0 Å². The standard InChI is InChI=1S/C14H16F3NO3/c15-14(16,17)9-21-8-6-12(20)18-7-2-4-10-3-1-5-11(19)13(10)18/h1,3,5,19H,2,4,6-9H2. The molecule has 1 amide bonds. The zero-order valence-corrected chi connectivity index (χ0v) is 11.3. The second-order valence-corrected chi connectivity index (χ2v) is 4.85. The molecule has 2 rings (SSSR count). The summed E-state index contributed by atoms with van der Waals surface area (Å²) in [4.78, 5) is 13.5. The molecule has 0 unspecified atom stereocenters. The van der Waals surface area contributed by atoms with Crippen LogP contribution in [0.5, 0.6) is 5.75 Å². The summed E-state index contributed by atoms with van der Waals surface area (Å²) in [5.41, 5.74) is 1.33. The second-order valence-electron chi connectivity index (χ2n) is 4.85. The molecule has 0 atom stereocenters. The van der Waals surface area contributed by atoms with Crippen LogP contribution in [0.25, 0.3) is 0 Å². The summed E-state index contributed by atoms with van der Waals surface area (Å²) in [6, 6.07) is 5.02. The average molecular weight is 303 g/mol. The van der Waals surface area contributed by atoms with Gasteiger partial charge < -0.3 is 14.7 Å². The molecule has 7 heteroatoms. The quantitative estimate of drug-likeness (QED) is 0.870. The Labute approximate surface area is 120 Å². The summed E-state index contributed by atoms with van der Waals surface area (Å²) in [7, 11) is 0. The van der Waals surface area contributed by atoms with Crippen LogP contribution in [0, 0.1) is 0 Å². The highest BCUT2D eigenvalue weighted by Gasteiger charge is 2.28. The van der Waals surface area contributed by atoms with E-state index in [1.165, 1.54) is 11.0 Å². The van der Waals surface area contributed by atoms with Crippen LogP contribution in [0.15, 0.2) is 18.2 Å². The van der Waals surface area contributed by atoms with Crippen molar-refractivity contribution in [3.63, 3.8) is 0 Å². The summed E-state index contributed by atoms with van der Waals surface area (Å²) in [6.45, 7) is -1.21. The molecule has 0 spiro atoms. The fourth-order valence-corrected chi connectivity index (χ4v) is 2.36. The van der Waals surface area contributed by atoms with Crippen molar-refractivity contribution in [2.24, 2.45) is 0 Å². The molecule has 0 aromatic heterocycles. The van der Waals surface area contributed by atoms with E-state index in [2.05, 4.69) is 4.74 Å². The number of hydrogen-bond donors (Lipinski definition) is 1. The molecule has 1 aromatic carbocycles. The number of aromatic hydroxyl groups is 1. The zero-order chi connectivity index (χ0) is 15.5. The predicted octanol–water partition coefficient (Wildman–Crippen LogP) is 2.64. The monoisotopic (exact) mass is 303 g/mol. The fraction of sp³-hybridized carbons (Fsp3) is 0.500. The van der Waals surface area contributed by atoms with Crippen molar-refractivity contribution in [1.82, 2.24) is 0 Å². The number of hydrogen-bond acceptors (Lipinski definition) is 3. The van der Waals surface area contributed by atoms with Gasteiger partial charge in [-0.3, -0.25) is 4.79 Å². The molecule has 4 nitrogen and oxygen atoms in total. The number of para-hydroxylation sites is 1. The number of phenolic OH excluding ortho intramolecular Hbond substituents is 1. The van der Waals surface area contributed by atoms with E-state index in [4.69, 9.17) is 0 Å². The predicted molar refractivity (Wildman–Crippen MR) is 70.3 cm³/mol. The third-order valence-corrected chi connectivity index (χ3v) is 3.22. The van der Waals surface area contributed by atoms with E-state index in [-0.39, 0.29) is 24.7 Å².